The minimum Gasteiger partial charge on any atom is -0.370 e. The number of para-hydroxylation sites is 1. The summed E-state index contributed by atoms with van der Waals surface area (Å²) in [6, 6.07) is 6.67. The average Bonchev–Trinajstić information content (AvgIpc) is 2.45. The van der Waals surface area contributed by atoms with Crippen LogP contribution in [0.1, 0.15) is 11.6 Å². The number of benzene rings is 1. The topological polar surface area (TPSA) is 91.0 Å². The van der Waals surface area contributed by atoms with Gasteiger partial charge in [-0.2, -0.15) is 0 Å². The quantitative estimate of drug-likeness (QED) is 0.808. The Labute approximate surface area is 123 Å². The van der Waals surface area contributed by atoms with Crippen LogP contribution in [0.4, 0.5) is 5.69 Å². The van der Waals surface area contributed by atoms with Gasteiger partial charge in [0.2, 0.25) is 11.8 Å². The predicted octanol–water partition coefficient (Wildman–Crippen LogP) is -0.176. The molecular formula is C14H19N5O2. The van der Waals surface area contributed by atoms with E-state index < -0.39 is 6.04 Å². The third kappa shape index (κ3) is 3.13. The first kappa shape index (κ1) is 14.8. The van der Waals surface area contributed by atoms with Gasteiger partial charge in [0, 0.05) is 26.7 Å². The number of nitrogens with two attached hydrogens (primary N) is 1. The first-order valence-corrected chi connectivity index (χ1v) is 6.55. The number of nitrogens with one attached hydrogen (secondary N) is 1. The molecule has 7 heteroatoms. The number of likely N-dealkylation sites (N-methyl/N-ethyl adjacent to an activating group) is 2. The fraction of sp³-hybridized carbons (Fsp3) is 0.357. The summed E-state index contributed by atoms with van der Waals surface area (Å²) in [6.45, 7) is 0.0171. The van der Waals surface area contributed by atoms with Crippen LogP contribution >= 0.6 is 0 Å². The van der Waals surface area contributed by atoms with E-state index in [0.29, 0.717) is 5.69 Å². The zero-order chi connectivity index (χ0) is 15.6. The van der Waals surface area contributed by atoms with Gasteiger partial charge in [0.1, 0.15) is 6.04 Å². The van der Waals surface area contributed by atoms with Crippen molar-refractivity contribution in [2.45, 2.75) is 6.04 Å². The van der Waals surface area contributed by atoms with Crippen LogP contribution in [-0.4, -0.2) is 55.3 Å². The van der Waals surface area contributed by atoms with Crippen LogP contribution in [0.2, 0.25) is 0 Å². The zero-order valence-electron chi connectivity index (χ0n) is 12.3. The summed E-state index contributed by atoms with van der Waals surface area (Å²) in [5.41, 5.74) is 7.14. The summed E-state index contributed by atoms with van der Waals surface area (Å²) < 4.78 is 0. The van der Waals surface area contributed by atoms with Gasteiger partial charge in [0.25, 0.3) is 0 Å². The van der Waals surface area contributed by atoms with Crippen molar-refractivity contribution in [3.63, 3.8) is 0 Å². The van der Waals surface area contributed by atoms with Crippen LogP contribution in [0, 0.1) is 0 Å². The lowest BCUT2D eigenvalue weighted by molar-refractivity contribution is -0.139. The highest BCUT2D eigenvalue weighted by atomic mass is 16.2. The molecule has 1 unspecified atom stereocenters. The van der Waals surface area contributed by atoms with Gasteiger partial charge in [-0.25, -0.2) is 4.99 Å². The fourth-order valence-electron chi connectivity index (χ4n) is 2.06. The number of hydrogen-bond donors (Lipinski definition) is 2. The molecule has 2 amide bonds. The van der Waals surface area contributed by atoms with Crippen molar-refractivity contribution in [1.29, 1.82) is 0 Å². The van der Waals surface area contributed by atoms with Crippen molar-refractivity contribution in [3.05, 3.63) is 29.8 Å². The van der Waals surface area contributed by atoms with Crippen LogP contribution in [0.5, 0.6) is 0 Å². The van der Waals surface area contributed by atoms with Crippen molar-refractivity contribution in [3.8, 4) is 0 Å². The van der Waals surface area contributed by atoms with Gasteiger partial charge < -0.3 is 20.9 Å². The molecule has 1 aromatic rings. The standard InChI is InChI=1S/C14H19N5O2/c1-18(2)11(20)8-19(3)13(21)12-9-6-4-5-7-10(9)16-14(15)17-12/h4-7,12H,8H2,1-3H3,(H3,15,16,17). The molecule has 7 nitrogen and oxygen atoms in total. The number of carbonyl (C=O) groups excluding carboxylic acids is 2. The summed E-state index contributed by atoms with van der Waals surface area (Å²) >= 11 is 0. The molecule has 0 saturated carbocycles. The van der Waals surface area contributed by atoms with E-state index >= 15 is 0 Å². The lowest BCUT2D eigenvalue weighted by Gasteiger charge is -2.28. The third-order valence-electron chi connectivity index (χ3n) is 3.28. The summed E-state index contributed by atoms with van der Waals surface area (Å²) in [6.07, 6.45) is 0. The average molecular weight is 289 g/mol. The first-order valence-electron chi connectivity index (χ1n) is 6.55. The van der Waals surface area contributed by atoms with Crippen molar-refractivity contribution in [2.24, 2.45) is 10.7 Å². The molecule has 1 aliphatic rings. The molecule has 0 spiro atoms. The molecule has 0 aromatic heterocycles. The Bertz CT molecular complexity index is 597. The Balaban J connectivity index is 2.20. The molecule has 0 saturated heterocycles. The van der Waals surface area contributed by atoms with E-state index in [2.05, 4.69) is 10.3 Å². The molecule has 1 aliphatic heterocycles. The second kappa shape index (κ2) is 5.82. The highest BCUT2D eigenvalue weighted by molar-refractivity contribution is 5.95. The number of guanidine groups is 1. The Hall–Kier alpha value is -2.57. The lowest BCUT2D eigenvalue weighted by atomic mass is 10.0. The Morgan fingerprint density at radius 2 is 1.95 bits per heavy atom. The molecule has 0 radical (unpaired) electrons. The van der Waals surface area contributed by atoms with Crippen LogP contribution in [0.15, 0.2) is 29.3 Å². The summed E-state index contributed by atoms with van der Waals surface area (Å²) in [5, 5.41) is 2.87. The van der Waals surface area contributed by atoms with Crippen molar-refractivity contribution in [2.75, 3.05) is 27.7 Å². The number of fused-ring (bicyclic) bond motifs is 1. The van der Waals surface area contributed by atoms with Crippen LogP contribution in [0.25, 0.3) is 0 Å². The summed E-state index contributed by atoms with van der Waals surface area (Å²) in [5.74, 6) is -0.175. The van der Waals surface area contributed by atoms with E-state index in [0.717, 1.165) is 5.56 Å². The summed E-state index contributed by atoms with van der Waals surface area (Å²) in [4.78, 5) is 31.3. The first-order chi connectivity index (χ1) is 9.90. The van der Waals surface area contributed by atoms with Crippen LogP contribution in [-0.2, 0) is 9.59 Å². The predicted molar refractivity (Wildman–Crippen MR) is 79.9 cm³/mol. The van der Waals surface area contributed by atoms with Gasteiger partial charge in [-0.05, 0) is 6.07 Å². The van der Waals surface area contributed by atoms with Gasteiger partial charge in [0.15, 0.2) is 5.96 Å². The Morgan fingerprint density at radius 1 is 1.29 bits per heavy atom. The molecule has 0 aliphatic carbocycles. The second-order valence-corrected chi connectivity index (χ2v) is 5.12. The summed E-state index contributed by atoms with van der Waals surface area (Å²) in [7, 11) is 4.90. The number of carbonyl (C=O) groups is 2. The maximum Gasteiger partial charge on any atom is 0.250 e. The monoisotopic (exact) mass is 289 g/mol. The number of rotatable bonds is 3. The molecular weight excluding hydrogens is 270 g/mol. The molecule has 0 bridgehead atoms. The van der Waals surface area contributed by atoms with Crippen LogP contribution < -0.4 is 11.1 Å². The van der Waals surface area contributed by atoms with Crippen molar-refractivity contribution < 1.29 is 9.59 Å². The van der Waals surface area contributed by atoms with Crippen molar-refractivity contribution in [1.82, 2.24) is 15.1 Å². The third-order valence-corrected chi connectivity index (χ3v) is 3.28. The van der Waals surface area contributed by atoms with Gasteiger partial charge in [-0.1, -0.05) is 18.2 Å². The lowest BCUT2D eigenvalue weighted by Crippen LogP contribution is -2.47. The minimum atomic E-state index is -0.626. The molecule has 1 atom stereocenters. The normalized spacial score (nSPS) is 16.3. The Morgan fingerprint density at radius 3 is 2.62 bits per heavy atom. The molecule has 3 N–H and O–H groups in total. The highest BCUT2D eigenvalue weighted by Gasteiger charge is 2.30. The van der Waals surface area contributed by atoms with E-state index in [1.807, 2.05) is 18.2 Å². The Kier molecular flexibility index (Phi) is 4.11. The van der Waals surface area contributed by atoms with Crippen molar-refractivity contribution >= 4 is 23.5 Å². The molecule has 2 rings (SSSR count). The smallest absolute Gasteiger partial charge is 0.250 e. The minimum absolute atomic E-state index is 0.0171. The zero-order valence-corrected chi connectivity index (χ0v) is 12.3. The molecule has 0 fully saturated rings. The fourth-order valence-corrected chi connectivity index (χ4v) is 2.06. The highest BCUT2D eigenvalue weighted by Crippen LogP contribution is 2.29. The SMILES string of the molecule is CN(C)C(=O)CN(C)C(=O)C1NC(N)=Nc2ccccc21. The number of nitrogens with zero attached hydrogens (tertiary/aromatic N) is 3. The number of amides is 2. The van der Waals surface area contributed by atoms with Gasteiger partial charge in [-0.15, -0.1) is 0 Å². The van der Waals surface area contributed by atoms with Gasteiger partial charge in [0.05, 0.1) is 12.2 Å². The van der Waals surface area contributed by atoms with E-state index in [-0.39, 0.29) is 24.3 Å². The molecule has 112 valence electrons. The molecule has 1 heterocycles. The maximum atomic E-state index is 12.5. The van der Waals surface area contributed by atoms with E-state index in [1.54, 1.807) is 27.2 Å². The van der Waals surface area contributed by atoms with Gasteiger partial charge >= 0.3 is 0 Å². The molecule has 1 aromatic carbocycles. The second-order valence-electron chi connectivity index (χ2n) is 5.12. The molecule has 21 heavy (non-hydrogen) atoms. The van der Waals surface area contributed by atoms with E-state index in [1.165, 1.54) is 9.80 Å². The maximum absolute atomic E-state index is 12.5. The van der Waals surface area contributed by atoms with Crippen LogP contribution in [0.3, 0.4) is 0 Å². The van der Waals surface area contributed by atoms with E-state index in [9.17, 15) is 9.59 Å². The number of aliphatic imine (C=N–C) groups is 1. The largest absolute Gasteiger partial charge is 0.370 e. The van der Waals surface area contributed by atoms with Gasteiger partial charge in [-0.3, -0.25) is 9.59 Å². The van der Waals surface area contributed by atoms with E-state index in [4.69, 9.17) is 5.73 Å². The number of hydrogen-bond acceptors (Lipinski definition) is 5.